The average molecular weight is 428 g/mol. The second kappa shape index (κ2) is 8.46. The van der Waals surface area contributed by atoms with Gasteiger partial charge in [0.05, 0.1) is 6.42 Å². The van der Waals surface area contributed by atoms with E-state index in [1.165, 1.54) is 6.20 Å². The summed E-state index contributed by atoms with van der Waals surface area (Å²) < 4.78 is 13.1. The van der Waals surface area contributed by atoms with E-state index in [9.17, 15) is 5.21 Å². The zero-order valence-corrected chi connectivity index (χ0v) is 17.9. The smallest absolute Gasteiger partial charge is 0.200 e. The van der Waals surface area contributed by atoms with Gasteiger partial charge in [0.1, 0.15) is 30.7 Å². The van der Waals surface area contributed by atoms with Gasteiger partial charge in [-0.25, -0.2) is 9.98 Å². The number of aliphatic imine (C=N–C) groups is 2. The molecule has 1 aromatic heterocycles. The Kier molecular flexibility index (Phi) is 5.35. The van der Waals surface area contributed by atoms with Gasteiger partial charge in [0.2, 0.25) is 0 Å². The van der Waals surface area contributed by atoms with Crippen molar-refractivity contribution in [2.45, 2.75) is 25.4 Å². The molecule has 3 heterocycles. The van der Waals surface area contributed by atoms with Crippen molar-refractivity contribution in [3.05, 3.63) is 107 Å². The van der Waals surface area contributed by atoms with E-state index < -0.39 is 5.41 Å². The highest BCUT2D eigenvalue weighted by molar-refractivity contribution is 6.06. The number of pyridine rings is 1. The lowest BCUT2D eigenvalue weighted by atomic mass is 9.84. The van der Waals surface area contributed by atoms with Crippen LogP contribution in [-0.2, 0) is 15.9 Å². The van der Waals surface area contributed by atoms with Crippen molar-refractivity contribution >= 4 is 11.8 Å². The minimum absolute atomic E-state index is 0.0902. The standard InChI is InChI=1S/C26H25N3O3/c1-26(16-21-14-8-9-15-29(21)30,24-27-22(17-31-24)19-10-4-2-5-11-19)25-28-23(18-32-25)20-12-6-3-7-13-20/h2-15,22-23H,16-18H2,1H3/t22-,23-/m0/s1. The molecule has 162 valence electrons. The number of hydrogen-bond donors (Lipinski definition) is 0. The van der Waals surface area contributed by atoms with Gasteiger partial charge in [-0.1, -0.05) is 66.7 Å². The average Bonchev–Trinajstić information content (AvgIpc) is 3.53. The second-order valence-corrected chi connectivity index (χ2v) is 8.37. The fourth-order valence-corrected chi connectivity index (χ4v) is 4.25. The fraction of sp³-hybridized carbons (Fsp3) is 0.269. The number of benzene rings is 2. The first kappa shape index (κ1) is 20.2. The number of rotatable bonds is 6. The summed E-state index contributed by atoms with van der Waals surface area (Å²) in [4.78, 5) is 9.84. The highest BCUT2D eigenvalue weighted by atomic mass is 16.5. The van der Waals surface area contributed by atoms with Gasteiger partial charge in [0, 0.05) is 12.1 Å². The molecule has 0 unspecified atom stereocenters. The molecular formula is C26H25N3O3. The van der Waals surface area contributed by atoms with Crippen molar-refractivity contribution in [2.75, 3.05) is 13.2 Å². The van der Waals surface area contributed by atoms with E-state index in [2.05, 4.69) is 24.3 Å². The maximum Gasteiger partial charge on any atom is 0.200 e. The summed E-state index contributed by atoms with van der Waals surface area (Å²) in [6.45, 7) is 2.91. The van der Waals surface area contributed by atoms with Crippen LogP contribution in [-0.4, -0.2) is 25.0 Å². The van der Waals surface area contributed by atoms with Crippen LogP contribution in [0.2, 0.25) is 0 Å². The van der Waals surface area contributed by atoms with Crippen LogP contribution in [0.25, 0.3) is 0 Å². The number of nitrogens with zero attached hydrogens (tertiary/aromatic N) is 3. The Hall–Kier alpha value is -3.67. The Morgan fingerprint density at radius 1 is 0.812 bits per heavy atom. The van der Waals surface area contributed by atoms with Crippen LogP contribution >= 0.6 is 0 Å². The molecular weight excluding hydrogens is 402 g/mol. The largest absolute Gasteiger partial charge is 0.619 e. The molecule has 0 fully saturated rings. The van der Waals surface area contributed by atoms with Crippen LogP contribution < -0.4 is 4.73 Å². The molecule has 0 amide bonds. The minimum atomic E-state index is -0.791. The molecule has 0 N–H and O–H groups in total. The lowest BCUT2D eigenvalue weighted by Gasteiger charge is -2.27. The SMILES string of the molecule is CC(Cc1cccc[n+]1[O-])(C1=N[C@H](c2ccccc2)CO1)C1=N[C@H](c2ccccc2)CO1. The monoisotopic (exact) mass is 427 g/mol. The number of hydrogen-bond acceptors (Lipinski definition) is 5. The van der Waals surface area contributed by atoms with Crippen LogP contribution in [0, 0.1) is 10.6 Å². The molecule has 3 aromatic rings. The van der Waals surface area contributed by atoms with Gasteiger partial charge in [-0.05, 0) is 18.1 Å². The number of ether oxygens (including phenoxy) is 2. The first-order valence-electron chi connectivity index (χ1n) is 10.8. The van der Waals surface area contributed by atoms with Gasteiger partial charge in [-0.15, -0.1) is 0 Å². The van der Waals surface area contributed by atoms with Crippen LogP contribution in [0.5, 0.6) is 0 Å². The first-order chi connectivity index (χ1) is 15.6. The Morgan fingerprint density at radius 3 is 1.81 bits per heavy atom. The van der Waals surface area contributed by atoms with Gasteiger partial charge in [-0.3, -0.25) is 0 Å². The van der Waals surface area contributed by atoms with Crippen LogP contribution in [0.1, 0.15) is 35.8 Å². The third-order valence-corrected chi connectivity index (χ3v) is 6.05. The summed E-state index contributed by atoms with van der Waals surface area (Å²) in [6, 6.07) is 25.4. The van der Waals surface area contributed by atoms with E-state index in [1.54, 1.807) is 6.07 Å². The summed E-state index contributed by atoms with van der Waals surface area (Å²) in [5.41, 5.74) is 2.01. The molecule has 0 aliphatic carbocycles. The zero-order valence-electron chi connectivity index (χ0n) is 17.9. The van der Waals surface area contributed by atoms with E-state index in [1.807, 2.05) is 55.5 Å². The molecule has 0 bridgehead atoms. The highest BCUT2D eigenvalue weighted by Gasteiger charge is 2.47. The van der Waals surface area contributed by atoms with Crippen LogP contribution in [0.3, 0.4) is 0 Å². The Bertz CT molecular complexity index is 1080. The van der Waals surface area contributed by atoms with Crippen LogP contribution in [0.4, 0.5) is 0 Å². The first-order valence-corrected chi connectivity index (χ1v) is 10.8. The predicted octanol–water partition coefficient (Wildman–Crippen LogP) is 4.21. The van der Waals surface area contributed by atoms with Crippen molar-refractivity contribution < 1.29 is 14.2 Å². The summed E-state index contributed by atoms with van der Waals surface area (Å²) in [7, 11) is 0. The molecule has 6 nitrogen and oxygen atoms in total. The summed E-state index contributed by atoms with van der Waals surface area (Å²) >= 11 is 0. The van der Waals surface area contributed by atoms with Crippen molar-refractivity contribution in [1.82, 2.24) is 0 Å². The van der Waals surface area contributed by atoms with E-state index >= 15 is 0 Å². The minimum Gasteiger partial charge on any atom is -0.619 e. The quantitative estimate of drug-likeness (QED) is 0.437. The molecule has 5 rings (SSSR count). The lowest BCUT2D eigenvalue weighted by molar-refractivity contribution is -0.614. The maximum absolute atomic E-state index is 12.5. The Balaban J connectivity index is 1.52. The summed E-state index contributed by atoms with van der Waals surface area (Å²) in [5, 5.41) is 12.5. The third-order valence-electron chi connectivity index (χ3n) is 6.05. The van der Waals surface area contributed by atoms with Crippen LogP contribution in [0.15, 0.2) is 95.0 Å². The summed E-state index contributed by atoms with van der Waals surface area (Å²) in [6.07, 6.45) is 1.88. The molecule has 0 spiro atoms. The van der Waals surface area contributed by atoms with Gasteiger partial charge >= 0.3 is 0 Å². The third kappa shape index (κ3) is 3.84. The molecule has 2 atom stereocenters. The van der Waals surface area contributed by atoms with Crippen molar-refractivity contribution in [2.24, 2.45) is 15.4 Å². The Labute approximate surface area is 187 Å². The molecule has 0 radical (unpaired) electrons. The molecule has 2 aromatic carbocycles. The van der Waals surface area contributed by atoms with E-state index in [0.29, 0.717) is 37.1 Å². The normalized spacial score (nSPS) is 20.3. The van der Waals surface area contributed by atoms with Gasteiger partial charge in [0.15, 0.2) is 23.7 Å². The maximum atomic E-state index is 12.5. The topological polar surface area (TPSA) is 70.1 Å². The van der Waals surface area contributed by atoms with Gasteiger partial charge in [0.25, 0.3) is 0 Å². The molecule has 0 saturated carbocycles. The highest BCUT2D eigenvalue weighted by Crippen LogP contribution is 2.37. The molecule has 2 aliphatic heterocycles. The summed E-state index contributed by atoms with van der Waals surface area (Å²) in [5.74, 6) is 1.12. The molecule has 32 heavy (non-hydrogen) atoms. The predicted molar refractivity (Wildman–Crippen MR) is 122 cm³/mol. The van der Waals surface area contributed by atoms with E-state index in [4.69, 9.17) is 19.5 Å². The van der Waals surface area contributed by atoms with Gasteiger partial charge < -0.3 is 14.7 Å². The van der Waals surface area contributed by atoms with Crippen molar-refractivity contribution in [1.29, 1.82) is 0 Å². The Morgan fingerprint density at radius 2 is 1.31 bits per heavy atom. The van der Waals surface area contributed by atoms with E-state index in [-0.39, 0.29) is 12.1 Å². The zero-order chi connectivity index (χ0) is 22.0. The van der Waals surface area contributed by atoms with Crippen molar-refractivity contribution in [3.8, 4) is 0 Å². The van der Waals surface area contributed by atoms with Gasteiger partial charge in [-0.2, -0.15) is 4.73 Å². The number of aromatic nitrogens is 1. The molecule has 6 heteroatoms. The van der Waals surface area contributed by atoms with E-state index in [0.717, 1.165) is 15.9 Å². The fourth-order valence-electron chi connectivity index (χ4n) is 4.25. The lowest BCUT2D eigenvalue weighted by Crippen LogP contribution is -2.43. The van der Waals surface area contributed by atoms with Crippen molar-refractivity contribution in [3.63, 3.8) is 0 Å². The molecule has 2 aliphatic rings. The molecule has 0 saturated heterocycles. The second-order valence-electron chi connectivity index (χ2n) is 8.37.